The molecule has 1 unspecified atom stereocenters. The standard InChI is InChI=1S/C14H18BrF2N/c1-4-5-18-13(6-9(2)3)14-11(16)7-10(15)8-12(14)17/h6-8,13,18H,4-5H2,1-3H3. The van der Waals surface area contributed by atoms with Gasteiger partial charge in [0.2, 0.25) is 0 Å². The Morgan fingerprint density at radius 1 is 1.33 bits per heavy atom. The minimum atomic E-state index is -0.534. The molecular weight excluding hydrogens is 300 g/mol. The fourth-order valence-corrected chi connectivity index (χ4v) is 2.13. The first-order chi connectivity index (χ1) is 8.45. The van der Waals surface area contributed by atoms with Crippen LogP contribution in [0.15, 0.2) is 28.3 Å². The largest absolute Gasteiger partial charge is 0.307 e. The summed E-state index contributed by atoms with van der Waals surface area (Å²) in [4.78, 5) is 0. The minimum absolute atomic E-state index is 0.0767. The van der Waals surface area contributed by atoms with Gasteiger partial charge in [0.15, 0.2) is 0 Å². The lowest BCUT2D eigenvalue weighted by molar-refractivity contribution is 0.507. The zero-order chi connectivity index (χ0) is 13.7. The maximum atomic E-state index is 13.9. The Morgan fingerprint density at radius 3 is 2.33 bits per heavy atom. The average molecular weight is 318 g/mol. The van der Waals surface area contributed by atoms with Gasteiger partial charge in [0, 0.05) is 10.0 Å². The molecule has 0 aliphatic heterocycles. The summed E-state index contributed by atoms with van der Waals surface area (Å²) in [5, 5.41) is 3.15. The van der Waals surface area contributed by atoms with E-state index in [0.717, 1.165) is 12.0 Å². The van der Waals surface area contributed by atoms with E-state index in [-0.39, 0.29) is 5.56 Å². The molecule has 0 aliphatic rings. The summed E-state index contributed by atoms with van der Waals surface area (Å²) in [6, 6.07) is 2.15. The lowest BCUT2D eigenvalue weighted by Gasteiger charge is -2.17. The third kappa shape index (κ3) is 4.18. The number of hydrogen-bond donors (Lipinski definition) is 1. The number of allylic oxidation sites excluding steroid dienone is 1. The molecule has 18 heavy (non-hydrogen) atoms. The smallest absolute Gasteiger partial charge is 0.132 e. The highest BCUT2D eigenvalue weighted by atomic mass is 79.9. The van der Waals surface area contributed by atoms with Crippen molar-refractivity contribution in [2.24, 2.45) is 0 Å². The first-order valence-electron chi connectivity index (χ1n) is 5.98. The topological polar surface area (TPSA) is 12.0 Å². The molecule has 1 N–H and O–H groups in total. The van der Waals surface area contributed by atoms with E-state index in [1.165, 1.54) is 12.1 Å². The van der Waals surface area contributed by atoms with Crippen molar-refractivity contribution in [3.05, 3.63) is 45.5 Å². The molecule has 1 rings (SSSR count). The number of hydrogen-bond acceptors (Lipinski definition) is 1. The molecule has 0 aliphatic carbocycles. The molecule has 0 fully saturated rings. The predicted molar refractivity (Wildman–Crippen MR) is 74.5 cm³/mol. The Bertz CT molecular complexity index is 416. The summed E-state index contributed by atoms with van der Waals surface area (Å²) < 4.78 is 28.2. The van der Waals surface area contributed by atoms with E-state index in [0.29, 0.717) is 11.0 Å². The van der Waals surface area contributed by atoms with Gasteiger partial charge < -0.3 is 5.32 Å². The molecule has 1 nitrogen and oxygen atoms in total. The second kappa shape index (κ2) is 7.00. The van der Waals surface area contributed by atoms with Crippen molar-refractivity contribution < 1.29 is 8.78 Å². The highest BCUT2D eigenvalue weighted by Crippen LogP contribution is 2.26. The van der Waals surface area contributed by atoms with Crippen molar-refractivity contribution in [2.45, 2.75) is 33.2 Å². The van der Waals surface area contributed by atoms with E-state index < -0.39 is 17.7 Å². The maximum Gasteiger partial charge on any atom is 0.132 e. The van der Waals surface area contributed by atoms with Gasteiger partial charge in [0.25, 0.3) is 0 Å². The Labute approximate surface area is 115 Å². The molecule has 100 valence electrons. The van der Waals surface area contributed by atoms with Crippen LogP contribution < -0.4 is 5.32 Å². The second-order valence-electron chi connectivity index (χ2n) is 4.46. The molecule has 1 aromatic rings. The van der Waals surface area contributed by atoms with Crippen LogP contribution in [0.1, 0.15) is 38.8 Å². The molecule has 1 atom stereocenters. The lowest BCUT2D eigenvalue weighted by Crippen LogP contribution is -2.22. The quantitative estimate of drug-likeness (QED) is 0.774. The molecule has 0 spiro atoms. The number of rotatable bonds is 5. The first kappa shape index (κ1) is 15.3. The normalized spacial score (nSPS) is 12.3. The van der Waals surface area contributed by atoms with Crippen LogP contribution in [-0.4, -0.2) is 6.54 Å². The van der Waals surface area contributed by atoms with E-state index in [9.17, 15) is 8.78 Å². The summed E-state index contributed by atoms with van der Waals surface area (Å²) in [6.45, 7) is 6.55. The van der Waals surface area contributed by atoms with Gasteiger partial charge in [-0.25, -0.2) is 8.78 Å². The van der Waals surface area contributed by atoms with Crippen molar-refractivity contribution in [3.8, 4) is 0 Å². The molecule has 1 aromatic carbocycles. The fraction of sp³-hybridized carbons (Fsp3) is 0.429. The van der Waals surface area contributed by atoms with E-state index in [2.05, 4.69) is 21.2 Å². The van der Waals surface area contributed by atoms with Crippen molar-refractivity contribution in [1.29, 1.82) is 0 Å². The summed E-state index contributed by atoms with van der Waals surface area (Å²) in [6.07, 6.45) is 2.75. The molecule has 0 bridgehead atoms. The molecule has 0 amide bonds. The van der Waals surface area contributed by atoms with Crippen LogP contribution in [0.5, 0.6) is 0 Å². The van der Waals surface area contributed by atoms with Crippen LogP contribution in [0, 0.1) is 11.6 Å². The van der Waals surface area contributed by atoms with Gasteiger partial charge in [-0.1, -0.05) is 34.5 Å². The Balaban J connectivity index is 3.16. The van der Waals surface area contributed by atoms with Gasteiger partial charge in [0.05, 0.1) is 6.04 Å². The highest BCUT2D eigenvalue weighted by molar-refractivity contribution is 9.10. The summed E-state index contributed by atoms with van der Waals surface area (Å²) in [5.74, 6) is -1.07. The number of nitrogens with one attached hydrogen (secondary N) is 1. The second-order valence-corrected chi connectivity index (χ2v) is 5.37. The van der Waals surface area contributed by atoms with E-state index >= 15 is 0 Å². The van der Waals surface area contributed by atoms with E-state index in [1.54, 1.807) is 0 Å². The molecule has 0 saturated carbocycles. The van der Waals surface area contributed by atoms with Gasteiger partial charge in [-0.3, -0.25) is 0 Å². The monoisotopic (exact) mass is 317 g/mol. The van der Waals surface area contributed by atoms with Crippen LogP contribution in [0.4, 0.5) is 8.78 Å². The number of halogens is 3. The Hall–Kier alpha value is -0.740. The molecule has 0 heterocycles. The van der Waals surface area contributed by atoms with E-state index in [4.69, 9.17) is 0 Å². The minimum Gasteiger partial charge on any atom is -0.307 e. The molecular formula is C14H18BrF2N. The molecule has 0 radical (unpaired) electrons. The van der Waals surface area contributed by atoms with Crippen LogP contribution in [0.2, 0.25) is 0 Å². The predicted octanol–water partition coefficient (Wildman–Crippen LogP) is 4.73. The first-order valence-corrected chi connectivity index (χ1v) is 6.77. The van der Waals surface area contributed by atoms with Gasteiger partial charge in [-0.15, -0.1) is 0 Å². The molecule has 0 saturated heterocycles. The average Bonchev–Trinajstić information content (AvgIpc) is 2.23. The van der Waals surface area contributed by atoms with E-state index in [1.807, 2.05) is 26.8 Å². The van der Waals surface area contributed by atoms with Crippen LogP contribution >= 0.6 is 15.9 Å². The fourth-order valence-electron chi connectivity index (χ4n) is 1.73. The van der Waals surface area contributed by atoms with Crippen LogP contribution in [-0.2, 0) is 0 Å². The Kier molecular flexibility index (Phi) is 5.96. The SMILES string of the molecule is CCCNC(C=C(C)C)c1c(F)cc(Br)cc1F. The maximum absolute atomic E-state index is 13.9. The van der Waals surface area contributed by atoms with Gasteiger partial charge in [0.1, 0.15) is 11.6 Å². The van der Waals surface area contributed by atoms with Gasteiger partial charge in [-0.05, 0) is 38.9 Å². The molecule has 4 heteroatoms. The third-order valence-corrected chi connectivity index (χ3v) is 2.93. The number of benzene rings is 1. The van der Waals surface area contributed by atoms with Gasteiger partial charge in [-0.2, -0.15) is 0 Å². The van der Waals surface area contributed by atoms with Crippen molar-refractivity contribution in [2.75, 3.05) is 6.54 Å². The van der Waals surface area contributed by atoms with Crippen molar-refractivity contribution in [1.82, 2.24) is 5.32 Å². The summed E-state index contributed by atoms with van der Waals surface area (Å²) in [5.41, 5.74) is 1.10. The lowest BCUT2D eigenvalue weighted by atomic mass is 10.0. The van der Waals surface area contributed by atoms with Crippen LogP contribution in [0.25, 0.3) is 0 Å². The zero-order valence-corrected chi connectivity index (χ0v) is 12.4. The summed E-state index contributed by atoms with van der Waals surface area (Å²) in [7, 11) is 0. The summed E-state index contributed by atoms with van der Waals surface area (Å²) >= 11 is 3.08. The van der Waals surface area contributed by atoms with Crippen LogP contribution in [0.3, 0.4) is 0 Å². The zero-order valence-electron chi connectivity index (χ0n) is 10.9. The van der Waals surface area contributed by atoms with Crippen molar-refractivity contribution >= 4 is 15.9 Å². The third-order valence-electron chi connectivity index (χ3n) is 2.47. The highest BCUT2D eigenvalue weighted by Gasteiger charge is 2.18. The molecule has 0 aromatic heterocycles. The Morgan fingerprint density at radius 2 is 1.89 bits per heavy atom. The van der Waals surface area contributed by atoms with Gasteiger partial charge >= 0.3 is 0 Å². The van der Waals surface area contributed by atoms with Crippen molar-refractivity contribution in [3.63, 3.8) is 0 Å².